The molecule has 1 atom stereocenters. The first-order valence-electron chi connectivity index (χ1n) is 7.31. The Hall–Kier alpha value is -3.24. The monoisotopic (exact) mass is 408 g/mol. The van der Waals surface area contributed by atoms with E-state index in [4.69, 9.17) is 14.9 Å². The van der Waals surface area contributed by atoms with Gasteiger partial charge in [0.25, 0.3) is 0 Å². The van der Waals surface area contributed by atoms with E-state index >= 15 is 0 Å². The maximum atomic E-state index is 13.8. The second-order valence-corrected chi connectivity index (χ2v) is 5.48. The Bertz CT molecular complexity index is 909. The van der Waals surface area contributed by atoms with Crippen molar-refractivity contribution in [3.63, 3.8) is 0 Å². The Morgan fingerprint density at radius 3 is 1.96 bits per heavy atom. The van der Waals surface area contributed by atoms with Crippen LogP contribution in [0, 0.1) is 0 Å². The van der Waals surface area contributed by atoms with E-state index in [2.05, 4.69) is 0 Å². The summed E-state index contributed by atoms with van der Waals surface area (Å²) in [5.41, 5.74) is -2.21. The van der Waals surface area contributed by atoms with Crippen LogP contribution in [0.5, 0.6) is 11.5 Å². The number of ether oxygens (including phenoxy) is 1. The molecule has 0 saturated carbocycles. The molecule has 0 aromatic heterocycles. The smallest absolute Gasteiger partial charge is 0.456 e. The molecule has 0 heterocycles. The Morgan fingerprint density at radius 2 is 1.43 bits per heavy atom. The van der Waals surface area contributed by atoms with Gasteiger partial charge in [-0.15, -0.1) is 0 Å². The highest BCUT2D eigenvalue weighted by Crippen LogP contribution is 2.47. The molecule has 0 bridgehead atoms. The molecule has 0 amide bonds. The van der Waals surface area contributed by atoms with Crippen LogP contribution in [0.4, 0.5) is 26.3 Å². The van der Waals surface area contributed by atoms with E-state index in [9.17, 15) is 35.9 Å². The van der Waals surface area contributed by atoms with Crippen LogP contribution in [-0.2, 0) is 0 Å². The zero-order chi connectivity index (χ0) is 21.3. The minimum atomic E-state index is -6.10. The fraction of sp³-hybridized carbons (Fsp3) is 0.176. The standard InChI is InChI=1S/C17H10F6O5/c18-13(16(19,20)17(21,22)23)8-2-1-3-9(6-8)28-10-4-5-11(14(24)25)12(7-10)15(26)27/h1-7,13H,(H,24,25)(H,26,27). The van der Waals surface area contributed by atoms with E-state index in [-0.39, 0.29) is 11.5 Å². The molecule has 0 aliphatic rings. The number of rotatable bonds is 6. The van der Waals surface area contributed by atoms with Crippen LogP contribution < -0.4 is 4.74 Å². The van der Waals surface area contributed by atoms with Crippen molar-refractivity contribution in [1.29, 1.82) is 0 Å². The van der Waals surface area contributed by atoms with Crippen molar-refractivity contribution < 1.29 is 50.9 Å². The second-order valence-electron chi connectivity index (χ2n) is 5.48. The zero-order valence-corrected chi connectivity index (χ0v) is 13.5. The largest absolute Gasteiger partial charge is 0.478 e. The Balaban J connectivity index is 2.35. The summed E-state index contributed by atoms with van der Waals surface area (Å²) in [7, 11) is 0. The average Bonchev–Trinajstić information content (AvgIpc) is 2.60. The number of carboxylic acid groups (broad SMARTS) is 2. The van der Waals surface area contributed by atoms with Crippen LogP contribution in [0.25, 0.3) is 0 Å². The van der Waals surface area contributed by atoms with Crippen molar-refractivity contribution in [3.8, 4) is 11.5 Å². The lowest BCUT2D eigenvalue weighted by atomic mass is 10.0. The van der Waals surface area contributed by atoms with E-state index in [1.165, 1.54) is 0 Å². The lowest BCUT2D eigenvalue weighted by Crippen LogP contribution is -2.40. The van der Waals surface area contributed by atoms with E-state index < -0.39 is 46.9 Å². The van der Waals surface area contributed by atoms with Gasteiger partial charge in [-0.25, -0.2) is 14.0 Å². The molecular formula is C17H10F6O5. The van der Waals surface area contributed by atoms with E-state index in [0.717, 1.165) is 30.3 Å². The summed E-state index contributed by atoms with van der Waals surface area (Å²) in [5.74, 6) is -9.37. The van der Waals surface area contributed by atoms with E-state index in [1.54, 1.807) is 0 Å². The van der Waals surface area contributed by atoms with Crippen LogP contribution >= 0.6 is 0 Å². The van der Waals surface area contributed by atoms with Gasteiger partial charge < -0.3 is 14.9 Å². The lowest BCUT2D eigenvalue weighted by Gasteiger charge is -2.23. The molecular weight excluding hydrogens is 398 g/mol. The number of hydrogen-bond donors (Lipinski definition) is 2. The van der Waals surface area contributed by atoms with Gasteiger partial charge in [0, 0.05) is 0 Å². The average molecular weight is 408 g/mol. The zero-order valence-electron chi connectivity index (χ0n) is 13.5. The maximum absolute atomic E-state index is 13.8. The van der Waals surface area contributed by atoms with Crippen LogP contribution in [0.15, 0.2) is 42.5 Å². The highest BCUT2D eigenvalue weighted by atomic mass is 19.4. The number of hydrogen-bond acceptors (Lipinski definition) is 3. The van der Waals surface area contributed by atoms with Crippen molar-refractivity contribution in [1.82, 2.24) is 0 Å². The predicted octanol–water partition coefficient (Wildman–Crippen LogP) is 5.08. The summed E-state index contributed by atoms with van der Waals surface area (Å²) in [6.45, 7) is 0. The topological polar surface area (TPSA) is 83.8 Å². The first-order valence-corrected chi connectivity index (χ1v) is 7.31. The molecule has 0 saturated heterocycles. The third-order valence-corrected chi connectivity index (χ3v) is 3.53. The van der Waals surface area contributed by atoms with Crippen molar-refractivity contribution in [2.24, 2.45) is 0 Å². The number of carboxylic acids is 2. The number of halogens is 6. The van der Waals surface area contributed by atoms with Gasteiger partial charge in [0.1, 0.15) is 11.5 Å². The van der Waals surface area contributed by atoms with Crippen molar-refractivity contribution in [3.05, 3.63) is 59.2 Å². The van der Waals surface area contributed by atoms with Gasteiger partial charge in [-0.05, 0) is 35.9 Å². The van der Waals surface area contributed by atoms with Crippen molar-refractivity contribution in [2.45, 2.75) is 18.3 Å². The summed E-state index contributed by atoms with van der Waals surface area (Å²) in [4.78, 5) is 22.1. The lowest BCUT2D eigenvalue weighted by molar-refractivity contribution is -0.305. The number of alkyl halides is 6. The maximum Gasteiger partial charge on any atom is 0.456 e. The first kappa shape index (κ1) is 21.1. The molecule has 0 aliphatic heterocycles. The summed E-state index contributed by atoms with van der Waals surface area (Å²) >= 11 is 0. The number of aromatic carboxylic acids is 2. The molecule has 150 valence electrons. The summed E-state index contributed by atoms with van der Waals surface area (Å²) in [6, 6.07) is 6.13. The predicted molar refractivity (Wildman–Crippen MR) is 81.7 cm³/mol. The molecule has 2 aromatic rings. The van der Waals surface area contributed by atoms with Crippen molar-refractivity contribution >= 4 is 11.9 Å². The Morgan fingerprint density at radius 1 is 0.857 bits per heavy atom. The van der Waals surface area contributed by atoms with Gasteiger partial charge in [-0.1, -0.05) is 12.1 Å². The van der Waals surface area contributed by atoms with Gasteiger partial charge in [0.15, 0.2) is 6.17 Å². The second kappa shape index (κ2) is 7.41. The Kier molecular flexibility index (Phi) is 5.57. The fourth-order valence-corrected chi connectivity index (χ4v) is 2.18. The van der Waals surface area contributed by atoms with Gasteiger partial charge in [-0.3, -0.25) is 0 Å². The number of benzene rings is 2. The highest BCUT2D eigenvalue weighted by Gasteiger charge is 2.63. The van der Waals surface area contributed by atoms with Gasteiger partial charge >= 0.3 is 24.0 Å². The molecule has 0 aliphatic carbocycles. The SMILES string of the molecule is O=C(O)c1ccc(Oc2cccc(C(F)C(F)(F)C(F)(F)F)c2)cc1C(=O)O. The normalized spacial score (nSPS) is 13.1. The minimum Gasteiger partial charge on any atom is -0.478 e. The molecule has 0 spiro atoms. The third-order valence-electron chi connectivity index (χ3n) is 3.53. The van der Waals surface area contributed by atoms with E-state index in [0.29, 0.717) is 12.1 Å². The molecule has 2 N–H and O–H groups in total. The van der Waals surface area contributed by atoms with Gasteiger partial charge in [0.05, 0.1) is 11.1 Å². The molecule has 0 radical (unpaired) electrons. The number of carbonyl (C=O) groups is 2. The molecule has 28 heavy (non-hydrogen) atoms. The van der Waals surface area contributed by atoms with Crippen LogP contribution in [0.3, 0.4) is 0 Å². The summed E-state index contributed by atoms with van der Waals surface area (Å²) < 4.78 is 82.2. The highest BCUT2D eigenvalue weighted by molar-refractivity contribution is 6.02. The molecule has 0 fully saturated rings. The Labute approximate surface area is 152 Å². The molecule has 11 heteroatoms. The molecule has 1 unspecified atom stereocenters. The van der Waals surface area contributed by atoms with Crippen LogP contribution in [0.2, 0.25) is 0 Å². The molecule has 2 rings (SSSR count). The van der Waals surface area contributed by atoms with Gasteiger partial charge in [-0.2, -0.15) is 22.0 Å². The van der Waals surface area contributed by atoms with E-state index in [1.807, 2.05) is 0 Å². The first-order chi connectivity index (χ1) is 12.8. The van der Waals surface area contributed by atoms with Crippen LogP contribution in [0.1, 0.15) is 32.5 Å². The fourth-order valence-electron chi connectivity index (χ4n) is 2.18. The third kappa shape index (κ3) is 4.18. The molecule has 5 nitrogen and oxygen atoms in total. The summed E-state index contributed by atoms with van der Waals surface area (Å²) in [5, 5.41) is 18.0. The minimum absolute atomic E-state index is 0.252. The molecule has 2 aromatic carbocycles. The quantitative estimate of drug-likeness (QED) is 0.651. The van der Waals surface area contributed by atoms with Gasteiger partial charge in [0.2, 0.25) is 0 Å². The van der Waals surface area contributed by atoms with Crippen LogP contribution in [-0.4, -0.2) is 34.3 Å². The van der Waals surface area contributed by atoms with Crippen molar-refractivity contribution in [2.75, 3.05) is 0 Å². The summed E-state index contributed by atoms with van der Waals surface area (Å²) in [6.07, 6.45) is -9.80.